The van der Waals surface area contributed by atoms with Gasteiger partial charge in [0.05, 0.1) is 17.5 Å². The number of benzene rings is 1. The molecule has 0 aliphatic heterocycles. The van der Waals surface area contributed by atoms with E-state index in [1.165, 1.54) is 6.07 Å². The molecule has 0 bridgehead atoms. The van der Waals surface area contributed by atoms with Crippen LogP contribution >= 0.6 is 0 Å². The minimum absolute atomic E-state index is 0.257. The van der Waals surface area contributed by atoms with Crippen molar-refractivity contribution in [1.29, 1.82) is 0 Å². The van der Waals surface area contributed by atoms with Gasteiger partial charge in [-0.1, -0.05) is 6.07 Å². The van der Waals surface area contributed by atoms with Crippen LogP contribution in [0.2, 0.25) is 0 Å². The molecular weight excluding hydrogens is 305 g/mol. The van der Waals surface area contributed by atoms with E-state index in [2.05, 4.69) is 20.1 Å². The first-order valence-corrected chi connectivity index (χ1v) is 7.65. The summed E-state index contributed by atoms with van der Waals surface area (Å²) in [5, 5.41) is 4.40. The first-order valence-electron chi connectivity index (χ1n) is 7.65. The number of aromatic amines is 1. The van der Waals surface area contributed by atoms with Crippen LogP contribution in [0.5, 0.6) is 0 Å². The molecule has 0 saturated carbocycles. The Balaban J connectivity index is 1.96. The van der Waals surface area contributed by atoms with Crippen molar-refractivity contribution in [2.45, 2.75) is 13.8 Å². The van der Waals surface area contributed by atoms with Crippen molar-refractivity contribution in [1.82, 2.24) is 24.7 Å². The summed E-state index contributed by atoms with van der Waals surface area (Å²) in [6, 6.07) is 7.04. The molecule has 0 radical (unpaired) electrons. The van der Waals surface area contributed by atoms with Crippen LogP contribution in [-0.4, -0.2) is 24.7 Å². The highest BCUT2D eigenvalue weighted by Crippen LogP contribution is 2.34. The molecule has 3 aromatic heterocycles. The lowest BCUT2D eigenvalue weighted by atomic mass is 9.97. The summed E-state index contributed by atoms with van der Waals surface area (Å²) in [6.45, 7) is 3.84. The van der Waals surface area contributed by atoms with Crippen molar-refractivity contribution in [3.05, 3.63) is 54.0 Å². The summed E-state index contributed by atoms with van der Waals surface area (Å²) >= 11 is 0. The first-order chi connectivity index (χ1) is 11.6. The van der Waals surface area contributed by atoms with Gasteiger partial charge in [0.25, 0.3) is 0 Å². The van der Waals surface area contributed by atoms with E-state index in [-0.39, 0.29) is 5.82 Å². The van der Waals surface area contributed by atoms with Gasteiger partial charge >= 0.3 is 0 Å². The molecule has 1 aromatic carbocycles. The van der Waals surface area contributed by atoms with E-state index in [1.807, 2.05) is 33.0 Å². The van der Waals surface area contributed by atoms with Crippen molar-refractivity contribution in [3.8, 4) is 22.3 Å². The second-order valence-corrected chi connectivity index (χ2v) is 5.82. The molecule has 0 amide bonds. The maximum absolute atomic E-state index is 14.5. The molecule has 24 heavy (non-hydrogen) atoms. The molecule has 4 rings (SSSR count). The van der Waals surface area contributed by atoms with Gasteiger partial charge in [-0.3, -0.25) is 4.68 Å². The van der Waals surface area contributed by atoms with E-state index in [9.17, 15) is 4.39 Å². The largest absolute Gasteiger partial charge is 0.343 e. The third-order valence-electron chi connectivity index (χ3n) is 4.38. The summed E-state index contributed by atoms with van der Waals surface area (Å²) in [4.78, 5) is 11.5. The Bertz CT molecular complexity index is 1060. The summed E-state index contributed by atoms with van der Waals surface area (Å²) in [6.07, 6.45) is 3.32. The van der Waals surface area contributed by atoms with Crippen LogP contribution in [0.15, 0.2) is 36.8 Å². The number of hydrogen-bond donors (Lipinski definition) is 1. The number of nitrogens with one attached hydrogen (secondary N) is 1. The lowest BCUT2D eigenvalue weighted by Gasteiger charge is -2.09. The van der Waals surface area contributed by atoms with E-state index in [0.717, 1.165) is 33.6 Å². The Morgan fingerprint density at radius 2 is 1.92 bits per heavy atom. The zero-order valence-corrected chi connectivity index (χ0v) is 13.6. The molecular formula is C18H16FN5. The molecule has 0 atom stereocenters. The molecule has 0 aliphatic carbocycles. The number of fused-ring (bicyclic) bond motifs is 1. The van der Waals surface area contributed by atoms with E-state index in [4.69, 9.17) is 0 Å². The highest BCUT2D eigenvalue weighted by Gasteiger charge is 2.17. The molecule has 4 aromatic rings. The zero-order chi connectivity index (χ0) is 16.8. The normalized spacial score (nSPS) is 11.3. The average Bonchev–Trinajstić information content (AvgIpc) is 3.13. The van der Waals surface area contributed by atoms with Crippen LogP contribution in [0.25, 0.3) is 33.4 Å². The van der Waals surface area contributed by atoms with Crippen LogP contribution < -0.4 is 0 Å². The quantitative estimate of drug-likeness (QED) is 0.611. The van der Waals surface area contributed by atoms with Crippen molar-refractivity contribution < 1.29 is 4.39 Å². The first kappa shape index (κ1) is 14.6. The number of aryl methyl sites for hydroxylation is 2. The number of nitrogens with zero attached hydrogens (tertiary/aromatic N) is 4. The van der Waals surface area contributed by atoms with E-state index < -0.39 is 0 Å². The van der Waals surface area contributed by atoms with Gasteiger partial charge in [0.15, 0.2) is 5.65 Å². The summed E-state index contributed by atoms with van der Waals surface area (Å²) in [5.74, 6) is -0.257. The van der Waals surface area contributed by atoms with E-state index in [0.29, 0.717) is 11.2 Å². The van der Waals surface area contributed by atoms with Gasteiger partial charge in [-0.05, 0) is 37.6 Å². The fourth-order valence-electron chi connectivity index (χ4n) is 3.14. The topological polar surface area (TPSA) is 59.4 Å². The average molecular weight is 321 g/mol. The van der Waals surface area contributed by atoms with Crippen molar-refractivity contribution >= 4 is 11.2 Å². The molecule has 5 nitrogen and oxygen atoms in total. The number of imidazole rings is 1. The van der Waals surface area contributed by atoms with Gasteiger partial charge in [-0.2, -0.15) is 5.10 Å². The maximum Gasteiger partial charge on any atom is 0.178 e. The molecule has 0 aliphatic rings. The van der Waals surface area contributed by atoms with E-state index >= 15 is 0 Å². The number of rotatable bonds is 2. The summed E-state index contributed by atoms with van der Waals surface area (Å²) < 4.78 is 16.3. The highest BCUT2D eigenvalue weighted by molar-refractivity contribution is 5.90. The number of aromatic nitrogens is 5. The Labute approximate surface area is 138 Å². The molecule has 3 heterocycles. The fourth-order valence-corrected chi connectivity index (χ4v) is 3.14. The van der Waals surface area contributed by atoms with Gasteiger partial charge in [-0.25, -0.2) is 14.4 Å². The lowest BCUT2D eigenvalue weighted by molar-refractivity contribution is 0.631. The van der Waals surface area contributed by atoms with E-state index in [1.54, 1.807) is 23.3 Å². The minimum Gasteiger partial charge on any atom is -0.343 e. The lowest BCUT2D eigenvalue weighted by Crippen LogP contribution is -1.94. The second kappa shape index (κ2) is 5.26. The number of pyridine rings is 1. The van der Waals surface area contributed by atoms with Crippen LogP contribution in [0.1, 0.15) is 11.4 Å². The monoisotopic (exact) mass is 321 g/mol. The van der Waals surface area contributed by atoms with Crippen molar-refractivity contribution in [2.24, 2.45) is 7.05 Å². The third-order valence-corrected chi connectivity index (χ3v) is 4.38. The Hall–Kier alpha value is -3.02. The van der Waals surface area contributed by atoms with Crippen LogP contribution in [0, 0.1) is 19.7 Å². The Kier molecular flexibility index (Phi) is 3.19. The molecule has 0 unspecified atom stereocenters. The molecule has 0 spiro atoms. The Morgan fingerprint density at radius 1 is 1.08 bits per heavy atom. The molecule has 1 N–H and O–H groups in total. The van der Waals surface area contributed by atoms with Gasteiger partial charge in [-0.15, -0.1) is 0 Å². The van der Waals surface area contributed by atoms with Gasteiger partial charge in [0.1, 0.15) is 5.82 Å². The van der Waals surface area contributed by atoms with Crippen LogP contribution in [0.4, 0.5) is 4.39 Å². The molecule has 0 fully saturated rings. The number of hydrogen-bond acceptors (Lipinski definition) is 3. The van der Waals surface area contributed by atoms with Crippen molar-refractivity contribution in [2.75, 3.05) is 0 Å². The van der Waals surface area contributed by atoms with Crippen molar-refractivity contribution in [3.63, 3.8) is 0 Å². The second-order valence-electron chi connectivity index (χ2n) is 5.82. The highest BCUT2D eigenvalue weighted by atomic mass is 19.1. The molecule has 0 saturated heterocycles. The Morgan fingerprint density at radius 3 is 2.67 bits per heavy atom. The van der Waals surface area contributed by atoms with Gasteiger partial charge < -0.3 is 4.98 Å². The standard InChI is InChI=1S/C18H16FN5/c1-10-16(11(2)24(3)23-10)14-8-12(4-5-15(14)19)13-6-7-20-18-17(13)21-9-22-18/h4-9H,1-3H3,(H,20,21,22). The van der Waals surface area contributed by atoms with Gasteiger partial charge in [0.2, 0.25) is 0 Å². The van der Waals surface area contributed by atoms with Crippen LogP contribution in [0.3, 0.4) is 0 Å². The fraction of sp³-hybridized carbons (Fsp3) is 0.167. The predicted molar refractivity (Wildman–Crippen MR) is 91.0 cm³/mol. The summed E-state index contributed by atoms with van der Waals surface area (Å²) in [5.41, 5.74) is 6.48. The summed E-state index contributed by atoms with van der Waals surface area (Å²) in [7, 11) is 1.87. The predicted octanol–water partition coefficient (Wildman–Crippen LogP) is 3.78. The SMILES string of the molecule is Cc1nn(C)c(C)c1-c1cc(-c2ccnc3nc[nH]c23)ccc1F. The van der Waals surface area contributed by atoms with Crippen LogP contribution in [-0.2, 0) is 7.05 Å². The molecule has 6 heteroatoms. The molecule has 120 valence electrons. The number of halogens is 1. The zero-order valence-electron chi connectivity index (χ0n) is 13.6. The minimum atomic E-state index is -0.257. The maximum atomic E-state index is 14.5. The number of H-pyrrole nitrogens is 1. The van der Waals surface area contributed by atoms with Gasteiger partial charge in [0, 0.05) is 35.6 Å². The third kappa shape index (κ3) is 2.11. The smallest absolute Gasteiger partial charge is 0.178 e.